The molecule has 0 atom stereocenters. The van der Waals surface area contributed by atoms with Crippen LogP contribution in [0.1, 0.15) is 25.3 Å². The van der Waals surface area contributed by atoms with Gasteiger partial charge in [-0.3, -0.25) is 0 Å². The molecule has 66 valence electrons. The maximum absolute atomic E-state index is 5.66. The summed E-state index contributed by atoms with van der Waals surface area (Å²) in [6.07, 6.45) is 2.32. The number of hydrogen-bond donors (Lipinski definition) is 0. The van der Waals surface area contributed by atoms with Gasteiger partial charge in [-0.25, -0.2) is 0 Å². The second-order valence-electron chi connectivity index (χ2n) is 2.94. The summed E-state index contributed by atoms with van der Waals surface area (Å²) in [5, 5.41) is 0. The van der Waals surface area contributed by atoms with E-state index in [1.807, 2.05) is 18.2 Å². The topological polar surface area (TPSA) is 9.23 Å². The van der Waals surface area contributed by atoms with Gasteiger partial charge in [-0.15, -0.1) is 0 Å². The van der Waals surface area contributed by atoms with E-state index in [1.54, 1.807) is 0 Å². The average molecular weight is 228 g/mol. The normalized spacial score (nSPS) is 9.77. The number of rotatable bonds is 5. The Morgan fingerprint density at radius 2 is 2.15 bits per heavy atom. The summed E-state index contributed by atoms with van der Waals surface area (Å²) in [4.78, 5) is 0. The van der Waals surface area contributed by atoms with Crippen molar-refractivity contribution in [2.45, 2.75) is 19.8 Å². The molecule has 1 rings (SSSR count). The average Bonchev–Trinajstić information content (AvgIpc) is 2.19. The molecule has 0 N–H and O–H groups in total. The van der Waals surface area contributed by atoms with Crippen molar-refractivity contribution in [3.63, 3.8) is 0 Å². The number of benzene rings is 1. The molecule has 1 aromatic carbocycles. The second-order valence-corrected chi connectivity index (χ2v) is 3.80. The Kier molecular flexibility index (Phi) is 4.92. The van der Waals surface area contributed by atoms with Gasteiger partial charge in [-0.1, -0.05) is 0 Å². The molecule has 0 fully saturated rings. The van der Waals surface area contributed by atoms with E-state index in [0.717, 1.165) is 18.8 Å². The number of para-hydroxylation sites is 1. The molecule has 13 heavy (non-hydrogen) atoms. The van der Waals surface area contributed by atoms with Crippen LogP contribution in [0.5, 0.6) is 5.75 Å². The molecule has 0 radical (unpaired) electrons. The van der Waals surface area contributed by atoms with Crippen molar-refractivity contribution in [3.05, 3.63) is 29.8 Å². The predicted molar refractivity (Wildman–Crippen MR) is 52.0 cm³/mol. The van der Waals surface area contributed by atoms with E-state index in [0.29, 0.717) is 0 Å². The summed E-state index contributed by atoms with van der Waals surface area (Å²) in [6.45, 7) is 3.01. The van der Waals surface area contributed by atoms with Crippen LogP contribution in [0.4, 0.5) is 0 Å². The molecule has 0 bridgehead atoms. The zero-order valence-corrected chi connectivity index (χ0v) is 11.1. The predicted octanol–water partition coefficient (Wildman–Crippen LogP) is 2.56. The Morgan fingerprint density at radius 3 is 2.85 bits per heavy atom. The van der Waals surface area contributed by atoms with Crippen molar-refractivity contribution in [1.29, 1.82) is 0 Å². The van der Waals surface area contributed by atoms with E-state index < -0.39 is 0 Å². The fraction of sp³-hybridized carbons (Fsp3) is 0.364. The van der Waals surface area contributed by atoms with Crippen LogP contribution in [0.25, 0.3) is 0 Å². The van der Waals surface area contributed by atoms with Crippen LogP contribution in [-0.4, -0.2) is 11.2 Å². The van der Waals surface area contributed by atoms with Gasteiger partial charge in [-0.2, -0.15) is 0 Å². The van der Waals surface area contributed by atoms with E-state index in [1.165, 1.54) is 29.8 Å². The molecular formula is C11H14OZn. The van der Waals surface area contributed by atoms with E-state index in [2.05, 4.69) is 17.6 Å². The van der Waals surface area contributed by atoms with Crippen LogP contribution < -0.4 is 4.74 Å². The minimum absolute atomic E-state index is 0.835. The minimum atomic E-state index is 0.835. The molecule has 0 saturated carbocycles. The monoisotopic (exact) mass is 226 g/mol. The molecule has 0 aliphatic carbocycles. The van der Waals surface area contributed by atoms with Crippen molar-refractivity contribution < 1.29 is 22.6 Å². The molecular weight excluding hydrogens is 214 g/mol. The molecule has 2 heteroatoms. The Balaban J connectivity index is 2.59. The molecule has 0 saturated heterocycles. The van der Waals surface area contributed by atoms with Gasteiger partial charge >= 0.3 is 89.1 Å². The van der Waals surface area contributed by atoms with Gasteiger partial charge in [0.25, 0.3) is 0 Å². The van der Waals surface area contributed by atoms with Crippen molar-refractivity contribution in [2.24, 2.45) is 0 Å². The van der Waals surface area contributed by atoms with Crippen molar-refractivity contribution >= 4 is 4.61 Å². The summed E-state index contributed by atoms with van der Waals surface area (Å²) in [7, 11) is 0. The van der Waals surface area contributed by atoms with Crippen LogP contribution >= 0.6 is 0 Å². The van der Waals surface area contributed by atoms with Gasteiger partial charge in [-0.05, 0) is 0 Å². The van der Waals surface area contributed by atoms with Crippen LogP contribution in [0, 0.1) is 0 Å². The first kappa shape index (κ1) is 10.6. The van der Waals surface area contributed by atoms with Gasteiger partial charge in [0.1, 0.15) is 0 Å². The SMILES string of the molecule is CCCCOc1ccccc1[CH]=[Zn]. The Hall–Kier alpha value is -0.487. The third-order valence-corrected chi connectivity index (χ3v) is 2.82. The molecule has 1 aromatic rings. The molecule has 0 aromatic heterocycles. The molecule has 1 nitrogen and oxygen atoms in total. The van der Waals surface area contributed by atoms with Crippen molar-refractivity contribution in [1.82, 2.24) is 0 Å². The van der Waals surface area contributed by atoms with Crippen LogP contribution in [-0.2, 0) is 17.9 Å². The molecule has 0 heterocycles. The summed E-state index contributed by atoms with van der Waals surface area (Å²) in [5.41, 5.74) is 1.23. The van der Waals surface area contributed by atoms with Gasteiger partial charge in [0, 0.05) is 0 Å². The summed E-state index contributed by atoms with van der Waals surface area (Å²) in [5.74, 6) is 1.03. The van der Waals surface area contributed by atoms with Gasteiger partial charge in [0.05, 0.1) is 0 Å². The Morgan fingerprint density at radius 1 is 1.38 bits per heavy atom. The number of ether oxygens (including phenoxy) is 1. The van der Waals surface area contributed by atoms with Crippen molar-refractivity contribution in [3.8, 4) is 5.75 Å². The first-order chi connectivity index (χ1) is 6.38. The van der Waals surface area contributed by atoms with Crippen LogP contribution in [0.2, 0.25) is 0 Å². The standard InChI is InChI=1S/C11H14O.Zn/c1-3-4-9-12-11-8-6-5-7-10(11)2;/h2,5-8H,3-4,9H2,1H3;. The summed E-state index contributed by atoms with van der Waals surface area (Å²) >= 11 is 1.17. The fourth-order valence-electron chi connectivity index (χ4n) is 1.11. The van der Waals surface area contributed by atoms with E-state index >= 15 is 0 Å². The summed E-state index contributed by atoms with van der Waals surface area (Å²) in [6, 6.07) is 8.21. The fourth-order valence-corrected chi connectivity index (χ4v) is 1.81. The van der Waals surface area contributed by atoms with Crippen LogP contribution in [0.3, 0.4) is 0 Å². The molecule has 0 aliphatic rings. The quantitative estimate of drug-likeness (QED) is 0.555. The van der Waals surface area contributed by atoms with E-state index in [4.69, 9.17) is 4.74 Å². The molecule has 0 amide bonds. The maximum atomic E-state index is 5.66. The first-order valence-corrected chi connectivity index (χ1v) is 6.44. The van der Waals surface area contributed by atoms with Crippen LogP contribution in [0.15, 0.2) is 24.3 Å². The third kappa shape index (κ3) is 3.40. The zero-order valence-electron chi connectivity index (χ0n) is 8.12. The second kappa shape index (κ2) is 6.04. The van der Waals surface area contributed by atoms with E-state index in [-0.39, 0.29) is 0 Å². The molecule has 0 aliphatic heterocycles. The van der Waals surface area contributed by atoms with Gasteiger partial charge in [0.15, 0.2) is 0 Å². The Bertz CT molecular complexity index is 271. The zero-order chi connectivity index (χ0) is 9.52. The van der Waals surface area contributed by atoms with Gasteiger partial charge in [0.2, 0.25) is 0 Å². The number of hydrogen-bond acceptors (Lipinski definition) is 1. The van der Waals surface area contributed by atoms with Gasteiger partial charge < -0.3 is 0 Å². The third-order valence-electron chi connectivity index (χ3n) is 1.89. The van der Waals surface area contributed by atoms with E-state index in [9.17, 15) is 0 Å². The number of unbranched alkanes of at least 4 members (excludes halogenated alkanes) is 1. The Labute approximate surface area is 89.3 Å². The molecule has 0 unspecified atom stereocenters. The van der Waals surface area contributed by atoms with Crippen molar-refractivity contribution in [2.75, 3.05) is 6.61 Å². The summed E-state index contributed by atoms with van der Waals surface area (Å²) < 4.78 is 7.85. The molecule has 0 spiro atoms. The first-order valence-electron chi connectivity index (χ1n) is 4.72.